The van der Waals surface area contributed by atoms with Crippen molar-refractivity contribution in [2.24, 2.45) is 5.92 Å². The van der Waals surface area contributed by atoms with Crippen molar-refractivity contribution in [1.29, 1.82) is 0 Å². The monoisotopic (exact) mass is 338 g/mol. The fourth-order valence-electron chi connectivity index (χ4n) is 4.59. The molecule has 0 saturated carbocycles. The van der Waals surface area contributed by atoms with E-state index >= 15 is 0 Å². The maximum atomic E-state index is 13.2. The fraction of sp³-hybridized carbons (Fsp3) is 0.611. The molecule has 2 aliphatic heterocycles. The largest absolute Gasteiger partial charge is 0.349 e. The van der Waals surface area contributed by atoms with E-state index in [4.69, 9.17) is 0 Å². The van der Waals surface area contributed by atoms with Gasteiger partial charge in [-0.05, 0) is 67.7 Å². The van der Waals surface area contributed by atoms with Crippen molar-refractivity contribution in [2.45, 2.75) is 63.1 Å². The highest BCUT2D eigenvalue weighted by molar-refractivity contribution is 5.85. The maximum absolute atomic E-state index is 13.2. The zero-order valence-corrected chi connectivity index (χ0v) is 14.0. The highest BCUT2D eigenvalue weighted by Crippen LogP contribution is 2.34. The van der Waals surface area contributed by atoms with E-state index in [9.17, 15) is 9.18 Å². The molecule has 3 aliphatic rings. The Labute approximate surface area is 142 Å². The lowest BCUT2D eigenvalue weighted by atomic mass is 9.89. The van der Waals surface area contributed by atoms with Crippen molar-refractivity contribution < 1.29 is 9.18 Å². The van der Waals surface area contributed by atoms with Crippen LogP contribution in [0.25, 0.3) is 0 Å². The standard InChI is InChI=1S/C18H23FN2O.ClH/c19-13-2-5-16-12(10-13)1-6-17(16)21-18(22)9-11-7-14-3-4-15(8-11)20-14;/h2,5,10-11,14-15,17,20H,1,3-4,6-9H2,(H,21,22);1H. The molecule has 126 valence electrons. The number of carbonyl (C=O) groups is 1. The second kappa shape index (κ2) is 6.78. The van der Waals surface area contributed by atoms with Crippen LogP contribution in [0, 0.1) is 11.7 Å². The highest BCUT2D eigenvalue weighted by atomic mass is 35.5. The van der Waals surface area contributed by atoms with Gasteiger partial charge < -0.3 is 10.6 Å². The Morgan fingerprint density at radius 3 is 2.70 bits per heavy atom. The van der Waals surface area contributed by atoms with E-state index < -0.39 is 0 Å². The van der Waals surface area contributed by atoms with E-state index in [2.05, 4.69) is 10.6 Å². The van der Waals surface area contributed by atoms with Gasteiger partial charge in [-0.2, -0.15) is 0 Å². The summed E-state index contributed by atoms with van der Waals surface area (Å²) in [6.07, 6.45) is 7.20. The van der Waals surface area contributed by atoms with Gasteiger partial charge in [-0.3, -0.25) is 4.79 Å². The third-order valence-electron chi connectivity index (χ3n) is 5.56. The van der Waals surface area contributed by atoms with Crippen LogP contribution in [0.5, 0.6) is 0 Å². The first kappa shape index (κ1) is 16.7. The molecule has 23 heavy (non-hydrogen) atoms. The highest BCUT2D eigenvalue weighted by Gasteiger charge is 2.34. The first-order valence-corrected chi connectivity index (χ1v) is 8.51. The summed E-state index contributed by atoms with van der Waals surface area (Å²) in [6.45, 7) is 0. The lowest BCUT2D eigenvalue weighted by molar-refractivity contribution is -0.123. The van der Waals surface area contributed by atoms with Gasteiger partial charge in [0.15, 0.2) is 0 Å². The van der Waals surface area contributed by atoms with Crippen LogP contribution in [-0.4, -0.2) is 18.0 Å². The van der Waals surface area contributed by atoms with E-state index in [0.29, 0.717) is 24.4 Å². The Bertz CT molecular complexity index is 582. The first-order valence-electron chi connectivity index (χ1n) is 8.51. The molecule has 2 bridgehead atoms. The molecule has 2 fully saturated rings. The molecule has 3 nitrogen and oxygen atoms in total. The fourth-order valence-corrected chi connectivity index (χ4v) is 4.59. The molecule has 1 amide bonds. The minimum absolute atomic E-state index is 0. The molecular weight excluding hydrogens is 315 g/mol. The molecule has 1 aromatic carbocycles. The van der Waals surface area contributed by atoms with Crippen LogP contribution in [0.1, 0.15) is 55.7 Å². The molecule has 2 saturated heterocycles. The van der Waals surface area contributed by atoms with Crippen LogP contribution < -0.4 is 10.6 Å². The molecular formula is C18H24ClFN2O. The number of hydrogen-bond acceptors (Lipinski definition) is 2. The SMILES string of the molecule is Cl.O=C(CC1CC2CCC(C1)N2)NC1CCc2cc(F)ccc21. The number of nitrogens with one attached hydrogen (secondary N) is 2. The normalized spacial score (nSPS) is 31.3. The zero-order valence-electron chi connectivity index (χ0n) is 13.2. The Morgan fingerprint density at radius 1 is 1.22 bits per heavy atom. The van der Waals surface area contributed by atoms with Crippen LogP contribution in [0.4, 0.5) is 4.39 Å². The average Bonchev–Trinajstić information content (AvgIpc) is 3.02. The molecule has 0 spiro atoms. The van der Waals surface area contributed by atoms with Gasteiger partial charge in [0.25, 0.3) is 0 Å². The van der Waals surface area contributed by atoms with Gasteiger partial charge in [0.2, 0.25) is 5.91 Å². The Balaban J connectivity index is 0.00000156. The quantitative estimate of drug-likeness (QED) is 0.888. The van der Waals surface area contributed by atoms with Gasteiger partial charge in [-0.1, -0.05) is 6.07 Å². The van der Waals surface area contributed by atoms with Crippen molar-refractivity contribution in [1.82, 2.24) is 10.6 Å². The van der Waals surface area contributed by atoms with Gasteiger partial charge in [0, 0.05) is 18.5 Å². The molecule has 1 aliphatic carbocycles. The number of aryl methyl sites for hydroxylation is 1. The minimum atomic E-state index is -0.184. The molecule has 0 aromatic heterocycles. The smallest absolute Gasteiger partial charge is 0.220 e. The summed E-state index contributed by atoms with van der Waals surface area (Å²) in [7, 11) is 0. The summed E-state index contributed by atoms with van der Waals surface area (Å²) in [5.41, 5.74) is 2.14. The number of halogens is 2. The topological polar surface area (TPSA) is 41.1 Å². The van der Waals surface area contributed by atoms with Gasteiger partial charge in [-0.25, -0.2) is 4.39 Å². The number of fused-ring (bicyclic) bond motifs is 3. The summed E-state index contributed by atoms with van der Waals surface area (Å²) in [6, 6.07) is 6.26. The Hall–Kier alpha value is -1.13. The van der Waals surface area contributed by atoms with Crippen molar-refractivity contribution in [3.05, 3.63) is 35.1 Å². The number of carbonyl (C=O) groups excluding carboxylic acids is 1. The number of piperidine rings is 1. The van der Waals surface area contributed by atoms with Crippen LogP contribution in [0.3, 0.4) is 0 Å². The molecule has 5 heteroatoms. The second-order valence-corrected chi connectivity index (χ2v) is 7.18. The Kier molecular flexibility index (Phi) is 4.93. The number of rotatable bonds is 3. The van der Waals surface area contributed by atoms with E-state index in [-0.39, 0.29) is 30.2 Å². The summed E-state index contributed by atoms with van der Waals surface area (Å²) in [5.74, 6) is 0.497. The molecule has 2 N–H and O–H groups in total. The molecule has 0 radical (unpaired) electrons. The molecule has 1 aromatic rings. The number of amides is 1. The van der Waals surface area contributed by atoms with Gasteiger partial charge in [0.05, 0.1) is 6.04 Å². The number of benzene rings is 1. The first-order chi connectivity index (χ1) is 10.7. The second-order valence-electron chi connectivity index (χ2n) is 7.18. The third-order valence-corrected chi connectivity index (χ3v) is 5.56. The average molecular weight is 339 g/mol. The van der Waals surface area contributed by atoms with Crippen molar-refractivity contribution in [2.75, 3.05) is 0 Å². The van der Waals surface area contributed by atoms with Gasteiger partial charge in [0.1, 0.15) is 5.82 Å². The summed E-state index contributed by atoms with van der Waals surface area (Å²) in [4.78, 5) is 12.4. The van der Waals surface area contributed by atoms with Crippen LogP contribution in [0.2, 0.25) is 0 Å². The zero-order chi connectivity index (χ0) is 15.1. The number of hydrogen-bond donors (Lipinski definition) is 2. The lowest BCUT2D eigenvalue weighted by Crippen LogP contribution is -2.40. The van der Waals surface area contributed by atoms with E-state index in [1.165, 1.54) is 18.9 Å². The van der Waals surface area contributed by atoms with Crippen molar-refractivity contribution in [3.8, 4) is 0 Å². The van der Waals surface area contributed by atoms with Crippen LogP contribution in [0.15, 0.2) is 18.2 Å². The minimum Gasteiger partial charge on any atom is -0.349 e. The van der Waals surface area contributed by atoms with E-state index in [1.807, 2.05) is 6.07 Å². The van der Waals surface area contributed by atoms with Crippen LogP contribution in [-0.2, 0) is 11.2 Å². The summed E-state index contributed by atoms with van der Waals surface area (Å²) < 4.78 is 13.2. The van der Waals surface area contributed by atoms with Crippen molar-refractivity contribution >= 4 is 18.3 Å². The molecule has 3 atom stereocenters. The maximum Gasteiger partial charge on any atom is 0.220 e. The van der Waals surface area contributed by atoms with E-state index in [1.54, 1.807) is 6.07 Å². The predicted molar refractivity (Wildman–Crippen MR) is 90.1 cm³/mol. The lowest BCUT2D eigenvalue weighted by Gasteiger charge is -2.29. The third kappa shape index (κ3) is 3.53. The molecule has 2 heterocycles. The van der Waals surface area contributed by atoms with Gasteiger partial charge >= 0.3 is 0 Å². The molecule has 3 unspecified atom stereocenters. The summed E-state index contributed by atoms with van der Waals surface area (Å²) >= 11 is 0. The van der Waals surface area contributed by atoms with Crippen LogP contribution >= 0.6 is 12.4 Å². The van der Waals surface area contributed by atoms with Crippen molar-refractivity contribution in [3.63, 3.8) is 0 Å². The Morgan fingerprint density at radius 2 is 1.96 bits per heavy atom. The van der Waals surface area contributed by atoms with E-state index in [0.717, 1.165) is 36.8 Å². The summed E-state index contributed by atoms with van der Waals surface area (Å²) in [5, 5.41) is 6.79. The predicted octanol–water partition coefficient (Wildman–Crippen LogP) is 3.27. The molecule has 4 rings (SSSR count). The van der Waals surface area contributed by atoms with Gasteiger partial charge in [-0.15, -0.1) is 12.4 Å².